The van der Waals surface area contributed by atoms with Gasteiger partial charge in [-0.15, -0.1) is 11.8 Å². The highest BCUT2D eigenvalue weighted by Crippen LogP contribution is 2.29. The quantitative estimate of drug-likeness (QED) is 0.548. The Morgan fingerprint density at radius 2 is 1.87 bits per heavy atom. The predicted molar refractivity (Wildman–Crippen MR) is 125 cm³/mol. The maximum atomic E-state index is 12.9. The van der Waals surface area contributed by atoms with Gasteiger partial charge in [-0.25, -0.2) is 9.78 Å². The van der Waals surface area contributed by atoms with Gasteiger partial charge in [-0.05, 0) is 29.5 Å². The minimum absolute atomic E-state index is 0.126. The molecule has 0 saturated carbocycles. The van der Waals surface area contributed by atoms with Gasteiger partial charge in [-0.2, -0.15) is 0 Å². The third-order valence-electron chi connectivity index (χ3n) is 4.90. The number of fused-ring (bicyclic) bond motifs is 1. The second-order valence-corrected chi connectivity index (χ2v) is 9.16. The molecular formula is C22H25ClN4O3S. The van der Waals surface area contributed by atoms with E-state index in [2.05, 4.69) is 24.1 Å². The van der Waals surface area contributed by atoms with Crippen LogP contribution >= 0.6 is 23.4 Å². The Labute approximate surface area is 189 Å². The average Bonchev–Trinajstić information content (AvgIpc) is 2.74. The summed E-state index contributed by atoms with van der Waals surface area (Å²) in [5.74, 6) is 0.289. The Hall–Kier alpha value is -2.58. The molecule has 2 heterocycles. The van der Waals surface area contributed by atoms with E-state index in [0.29, 0.717) is 39.8 Å². The fourth-order valence-corrected chi connectivity index (χ4v) is 4.54. The number of halogens is 1. The lowest BCUT2D eigenvalue weighted by Crippen LogP contribution is -2.37. The molecule has 0 spiro atoms. The molecule has 0 bridgehead atoms. The molecule has 164 valence electrons. The number of amides is 1. The van der Waals surface area contributed by atoms with Gasteiger partial charge in [0, 0.05) is 36.8 Å². The third kappa shape index (κ3) is 5.02. The highest BCUT2D eigenvalue weighted by atomic mass is 35.5. The highest BCUT2D eigenvalue weighted by molar-refractivity contribution is 8.00. The van der Waals surface area contributed by atoms with Crippen molar-refractivity contribution >= 4 is 40.3 Å². The average molecular weight is 461 g/mol. The van der Waals surface area contributed by atoms with Gasteiger partial charge >= 0.3 is 5.69 Å². The van der Waals surface area contributed by atoms with Crippen LogP contribution in [0, 0.1) is 5.92 Å². The Morgan fingerprint density at radius 1 is 1.16 bits per heavy atom. The molecule has 0 unspecified atom stereocenters. The van der Waals surface area contributed by atoms with Gasteiger partial charge in [-0.1, -0.05) is 43.6 Å². The van der Waals surface area contributed by atoms with E-state index < -0.39 is 11.2 Å². The van der Waals surface area contributed by atoms with E-state index >= 15 is 0 Å². The molecule has 0 aliphatic carbocycles. The molecule has 1 amide bonds. The summed E-state index contributed by atoms with van der Waals surface area (Å²) in [6, 6.07) is 7.34. The first-order valence-corrected chi connectivity index (χ1v) is 11.3. The summed E-state index contributed by atoms with van der Waals surface area (Å²) in [6.45, 7) is 4.48. The van der Waals surface area contributed by atoms with Gasteiger partial charge in [-0.3, -0.25) is 18.7 Å². The van der Waals surface area contributed by atoms with E-state index in [-0.39, 0.29) is 11.7 Å². The fraction of sp³-hybridized carbons (Fsp3) is 0.364. The van der Waals surface area contributed by atoms with Crippen molar-refractivity contribution in [3.63, 3.8) is 0 Å². The Balaban J connectivity index is 1.92. The molecule has 3 aromatic rings. The molecule has 0 saturated heterocycles. The van der Waals surface area contributed by atoms with E-state index in [1.807, 2.05) is 18.2 Å². The van der Waals surface area contributed by atoms with Gasteiger partial charge in [0.2, 0.25) is 5.91 Å². The smallest absolute Gasteiger partial charge is 0.332 e. The van der Waals surface area contributed by atoms with Gasteiger partial charge in [0.15, 0.2) is 0 Å². The van der Waals surface area contributed by atoms with Crippen LogP contribution in [-0.2, 0) is 31.9 Å². The number of pyridine rings is 1. The number of hydrogen-bond acceptors (Lipinski definition) is 5. The number of nitrogens with zero attached hydrogens (tertiary/aromatic N) is 3. The van der Waals surface area contributed by atoms with Gasteiger partial charge < -0.3 is 5.32 Å². The summed E-state index contributed by atoms with van der Waals surface area (Å²) < 4.78 is 2.43. The molecule has 2 aromatic heterocycles. The second-order valence-electron chi connectivity index (χ2n) is 7.77. The Kier molecular flexibility index (Phi) is 7.23. The van der Waals surface area contributed by atoms with E-state index in [1.54, 1.807) is 19.3 Å². The fourth-order valence-electron chi connectivity index (χ4n) is 3.32. The zero-order chi connectivity index (χ0) is 22.7. The molecule has 31 heavy (non-hydrogen) atoms. The number of rotatable bonds is 7. The highest BCUT2D eigenvalue weighted by Gasteiger charge is 2.19. The molecule has 1 N–H and O–H groups in total. The molecular weight excluding hydrogens is 436 g/mol. The van der Waals surface area contributed by atoms with Crippen LogP contribution in [0.5, 0.6) is 0 Å². The van der Waals surface area contributed by atoms with Crippen LogP contribution in [0.25, 0.3) is 11.0 Å². The topological polar surface area (TPSA) is 86.0 Å². The van der Waals surface area contributed by atoms with Crippen LogP contribution in [0.3, 0.4) is 0 Å². The number of carbonyl (C=O) groups excluding carboxylic acids is 1. The summed E-state index contributed by atoms with van der Waals surface area (Å²) in [6.07, 6.45) is 2.41. The van der Waals surface area contributed by atoms with Crippen molar-refractivity contribution in [3.05, 3.63) is 67.4 Å². The minimum Gasteiger partial charge on any atom is -0.351 e. The van der Waals surface area contributed by atoms with Crippen molar-refractivity contribution in [2.24, 2.45) is 20.0 Å². The number of nitrogens with one attached hydrogen (secondary N) is 1. The molecule has 1 aromatic carbocycles. The number of carbonyl (C=O) groups is 1. The number of aryl methyl sites for hydroxylation is 1. The van der Waals surface area contributed by atoms with Crippen LogP contribution < -0.4 is 16.6 Å². The van der Waals surface area contributed by atoms with Crippen LogP contribution in [0.15, 0.2) is 44.9 Å². The molecule has 0 fully saturated rings. The summed E-state index contributed by atoms with van der Waals surface area (Å²) in [7, 11) is 3.04. The molecule has 3 rings (SSSR count). The standard InChI is InChI=1S/C22H25ClN4O3S/c1-13(2)9-15-11-25-20-18(21(29)27(4)22(30)26(20)3)19(15)31-12-17(28)24-10-14-7-5-6-8-16(14)23/h5-8,11,13H,9-10,12H2,1-4H3,(H,24,28). The molecule has 0 aliphatic rings. The van der Waals surface area contributed by atoms with E-state index in [9.17, 15) is 14.4 Å². The first-order valence-electron chi connectivity index (χ1n) is 9.91. The first kappa shape index (κ1) is 23.1. The number of hydrogen-bond donors (Lipinski definition) is 1. The number of benzene rings is 1. The molecule has 9 heteroatoms. The van der Waals surface area contributed by atoms with Crippen molar-refractivity contribution < 1.29 is 4.79 Å². The molecule has 0 atom stereocenters. The van der Waals surface area contributed by atoms with Crippen LogP contribution in [0.4, 0.5) is 0 Å². The van der Waals surface area contributed by atoms with E-state index in [0.717, 1.165) is 15.7 Å². The maximum Gasteiger partial charge on any atom is 0.332 e. The Morgan fingerprint density at radius 3 is 2.55 bits per heavy atom. The summed E-state index contributed by atoms with van der Waals surface area (Å²) >= 11 is 7.44. The summed E-state index contributed by atoms with van der Waals surface area (Å²) in [5, 5.41) is 3.83. The van der Waals surface area contributed by atoms with Gasteiger partial charge in [0.25, 0.3) is 5.56 Å². The summed E-state index contributed by atoms with van der Waals surface area (Å²) in [5.41, 5.74) is 1.20. The normalized spacial score (nSPS) is 11.3. The van der Waals surface area contributed by atoms with Crippen LogP contribution in [0.1, 0.15) is 25.0 Å². The minimum atomic E-state index is -0.435. The van der Waals surface area contributed by atoms with Gasteiger partial charge in [0.1, 0.15) is 5.65 Å². The van der Waals surface area contributed by atoms with E-state index in [1.165, 1.54) is 23.4 Å². The molecule has 0 radical (unpaired) electrons. The van der Waals surface area contributed by atoms with E-state index in [4.69, 9.17) is 11.6 Å². The first-order chi connectivity index (χ1) is 14.7. The third-order valence-corrected chi connectivity index (χ3v) is 6.43. The second kappa shape index (κ2) is 9.70. The molecule has 7 nitrogen and oxygen atoms in total. The number of thioether (sulfide) groups is 1. The van der Waals surface area contributed by atoms with Crippen molar-refractivity contribution in [2.45, 2.75) is 31.7 Å². The van der Waals surface area contributed by atoms with Crippen molar-refractivity contribution in [2.75, 3.05) is 5.75 Å². The zero-order valence-electron chi connectivity index (χ0n) is 17.9. The van der Waals surface area contributed by atoms with Crippen LogP contribution in [-0.4, -0.2) is 25.8 Å². The van der Waals surface area contributed by atoms with Crippen LogP contribution in [0.2, 0.25) is 5.02 Å². The monoisotopic (exact) mass is 460 g/mol. The predicted octanol–water partition coefficient (Wildman–Crippen LogP) is 2.89. The Bertz CT molecular complexity index is 1250. The summed E-state index contributed by atoms with van der Waals surface area (Å²) in [4.78, 5) is 42.8. The lowest BCUT2D eigenvalue weighted by Gasteiger charge is -2.15. The lowest BCUT2D eigenvalue weighted by molar-refractivity contribution is -0.118. The van der Waals surface area contributed by atoms with Crippen molar-refractivity contribution in [1.82, 2.24) is 19.4 Å². The SMILES string of the molecule is CC(C)Cc1cnc2c(c1SCC(=O)NCc1ccccc1Cl)c(=O)n(C)c(=O)n2C. The number of aromatic nitrogens is 3. The lowest BCUT2D eigenvalue weighted by atomic mass is 10.0. The largest absolute Gasteiger partial charge is 0.351 e. The van der Waals surface area contributed by atoms with Gasteiger partial charge in [0.05, 0.1) is 11.1 Å². The zero-order valence-corrected chi connectivity index (χ0v) is 19.5. The van der Waals surface area contributed by atoms with Crippen molar-refractivity contribution in [1.29, 1.82) is 0 Å². The van der Waals surface area contributed by atoms with Crippen molar-refractivity contribution in [3.8, 4) is 0 Å². The maximum absolute atomic E-state index is 12.9. The molecule has 0 aliphatic heterocycles.